The van der Waals surface area contributed by atoms with Crippen molar-refractivity contribution in [2.75, 3.05) is 43.3 Å². The van der Waals surface area contributed by atoms with Crippen molar-refractivity contribution >= 4 is 40.1 Å². The monoisotopic (exact) mass is 500 g/mol. The Morgan fingerprint density at radius 1 is 1.00 bits per heavy atom. The summed E-state index contributed by atoms with van der Waals surface area (Å²) >= 11 is 0. The first kappa shape index (κ1) is 25.8. The minimum absolute atomic E-state index is 0.0292. The summed E-state index contributed by atoms with van der Waals surface area (Å²) in [5.74, 6) is 0.818. The molecule has 1 aliphatic rings. The van der Waals surface area contributed by atoms with Gasteiger partial charge in [0.1, 0.15) is 0 Å². The first-order valence-electron chi connectivity index (χ1n) is 12.1. The Labute approximate surface area is 217 Å². The van der Waals surface area contributed by atoms with Crippen LogP contribution < -0.4 is 30.3 Å². The van der Waals surface area contributed by atoms with Gasteiger partial charge in [0.2, 0.25) is 5.91 Å². The van der Waals surface area contributed by atoms with Crippen LogP contribution in [0.2, 0.25) is 0 Å². The number of nitrogens with zero attached hydrogens (tertiary/aromatic N) is 1. The number of amides is 2. The van der Waals surface area contributed by atoms with Crippen molar-refractivity contribution < 1.29 is 19.1 Å². The number of ether oxygens (including phenoxy) is 2. The molecule has 3 aromatic rings. The van der Waals surface area contributed by atoms with Gasteiger partial charge in [0, 0.05) is 42.5 Å². The lowest BCUT2D eigenvalue weighted by atomic mass is 9.99. The highest BCUT2D eigenvalue weighted by atomic mass is 16.5. The standard InChI is InChI=1S/C29H32N4O4/c1-18(30-3)17-33(19(2)34)22-13-11-21(12-14-22)31-28(20-9-7-6-8-10-20)27-23-15-25(36-4)26(37-5)16-24(23)32-29(27)35/h6-16,18,30-31H,17H2,1-5H3,(H,32,35). The summed E-state index contributed by atoms with van der Waals surface area (Å²) in [4.78, 5) is 27.3. The number of likely N-dealkylation sites (N-methyl/N-ethyl adjacent to an activating group) is 1. The van der Waals surface area contributed by atoms with E-state index in [4.69, 9.17) is 9.47 Å². The number of fused-ring (bicyclic) bond motifs is 1. The molecule has 4 rings (SSSR count). The second-order valence-corrected chi connectivity index (χ2v) is 8.81. The summed E-state index contributed by atoms with van der Waals surface area (Å²) in [6.07, 6.45) is 0. The zero-order valence-electron chi connectivity index (χ0n) is 21.7. The van der Waals surface area contributed by atoms with E-state index in [0.29, 0.717) is 35.0 Å². The molecule has 1 atom stereocenters. The largest absolute Gasteiger partial charge is 0.493 e. The fourth-order valence-corrected chi connectivity index (χ4v) is 4.28. The van der Waals surface area contributed by atoms with Crippen molar-refractivity contribution in [3.8, 4) is 11.5 Å². The van der Waals surface area contributed by atoms with Gasteiger partial charge in [-0.1, -0.05) is 30.3 Å². The number of carbonyl (C=O) groups excluding carboxylic acids is 2. The van der Waals surface area contributed by atoms with Gasteiger partial charge in [-0.15, -0.1) is 0 Å². The highest BCUT2D eigenvalue weighted by Gasteiger charge is 2.30. The topological polar surface area (TPSA) is 91.9 Å². The van der Waals surface area contributed by atoms with Gasteiger partial charge in [-0.2, -0.15) is 0 Å². The number of methoxy groups -OCH3 is 2. The van der Waals surface area contributed by atoms with Gasteiger partial charge >= 0.3 is 0 Å². The second kappa shape index (κ2) is 11.2. The quantitative estimate of drug-likeness (QED) is 0.372. The Bertz CT molecular complexity index is 1320. The van der Waals surface area contributed by atoms with Crippen molar-refractivity contribution in [3.63, 3.8) is 0 Å². The Hall–Kier alpha value is -4.30. The summed E-state index contributed by atoms with van der Waals surface area (Å²) in [5, 5.41) is 9.57. The normalized spacial score (nSPS) is 14.4. The van der Waals surface area contributed by atoms with Crippen molar-refractivity contribution in [3.05, 3.63) is 77.9 Å². The molecular weight excluding hydrogens is 468 g/mol. The Morgan fingerprint density at radius 3 is 2.24 bits per heavy atom. The fraction of sp³-hybridized carbons (Fsp3) is 0.241. The molecule has 0 aliphatic carbocycles. The van der Waals surface area contributed by atoms with Crippen LogP contribution in [0.25, 0.3) is 11.3 Å². The molecule has 0 fully saturated rings. The molecule has 8 nitrogen and oxygen atoms in total. The van der Waals surface area contributed by atoms with Crippen LogP contribution in [0, 0.1) is 0 Å². The first-order valence-corrected chi connectivity index (χ1v) is 12.1. The van der Waals surface area contributed by atoms with Crippen LogP contribution in [0.4, 0.5) is 17.1 Å². The average Bonchev–Trinajstić information content (AvgIpc) is 3.24. The molecular formula is C29H32N4O4. The maximum absolute atomic E-state index is 13.2. The van der Waals surface area contributed by atoms with E-state index < -0.39 is 0 Å². The van der Waals surface area contributed by atoms with Gasteiger partial charge in [-0.05, 0) is 49.9 Å². The molecule has 192 valence electrons. The molecule has 3 aromatic carbocycles. The van der Waals surface area contributed by atoms with E-state index in [-0.39, 0.29) is 17.9 Å². The maximum atomic E-state index is 13.2. The molecule has 1 unspecified atom stereocenters. The third-order valence-corrected chi connectivity index (χ3v) is 6.36. The van der Waals surface area contributed by atoms with Crippen LogP contribution >= 0.6 is 0 Å². The second-order valence-electron chi connectivity index (χ2n) is 8.81. The fourth-order valence-electron chi connectivity index (χ4n) is 4.28. The molecule has 1 heterocycles. The molecule has 1 aliphatic heterocycles. The van der Waals surface area contributed by atoms with Gasteiger partial charge in [-0.25, -0.2) is 0 Å². The lowest BCUT2D eigenvalue weighted by Gasteiger charge is -2.25. The van der Waals surface area contributed by atoms with E-state index in [1.165, 1.54) is 0 Å². The Balaban J connectivity index is 1.76. The predicted molar refractivity (Wildman–Crippen MR) is 148 cm³/mol. The van der Waals surface area contributed by atoms with Crippen molar-refractivity contribution in [1.82, 2.24) is 5.32 Å². The first-order chi connectivity index (χ1) is 17.9. The van der Waals surface area contributed by atoms with Crippen molar-refractivity contribution in [1.29, 1.82) is 0 Å². The highest BCUT2D eigenvalue weighted by molar-refractivity contribution is 6.37. The van der Waals surface area contributed by atoms with Crippen molar-refractivity contribution in [2.24, 2.45) is 0 Å². The maximum Gasteiger partial charge on any atom is 0.258 e. The molecule has 8 heteroatoms. The van der Waals surface area contributed by atoms with E-state index in [9.17, 15) is 9.59 Å². The molecule has 0 saturated carbocycles. The van der Waals surface area contributed by atoms with Crippen LogP contribution in [0.15, 0.2) is 66.7 Å². The molecule has 0 saturated heterocycles. The van der Waals surface area contributed by atoms with E-state index in [1.54, 1.807) is 32.1 Å². The predicted octanol–water partition coefficient (Wildman–Crippen LogP) is 4.60. The van der Waals surface area contributed by atoms with Gasteiger partial charge in [0.25, 0.3) is 5.91 Å². The molecule has 2 amide bonds. The smallest absolute Gasteiger partial charge is 0.258 e. The van der Waals surface area contributed by atoms with E-state index in [0.717, 1.165) is 22.5 Å². The van der Waals surface area contributed by atoms with Crippen LogP contribution in [0.5, 0.6) is 11.5 Å². The zero-order chi connectivity index (χ0) is 26.5. The highest BCUT2D eigenvalue weighted by Crippen LogP contribution is 2.43. The SMILES string of the molecule is CNC(C)CN(C(C)=O)c1ccc(NC(=C2C(=O)Nc3cc(OC)c(OC)cc32)c2ccccc2)cc1. The molecule has 0 bridgehead atoms. The lowest BCUT2D eigenvalue weighted by Crippen LogP contribution is -2.40. The zero-order valence-corrected chi connectivity index (χ0v) is 21.7. The minimum Gasteiger partial charge on any atom is -0.493 e. The third-order valence-electron chi connectivity index (χ3n) is 6.36. The van der Waals surface area contributed by atoms with E-state index in [1.807, 2.05) is 74.6 Å². The number of hydrogen-bond donors (Lipinski definition) is 3. The van der Waals surface area contributed by atoms with E-state index >= 15 is 0 Å². The molecule has 0 radical (unpaired) electrons. The average molecular weight is 501 g/mol. The van der Waals surface area contributed by atoms with Gasteiger partial charge in [-0.3, -0.25) is 9.59 Å². The third kappa shape index (κ3) is 5.44. The van der Waals surface area contributed by atoms with Gasteiger partial charge in [0.15, 0.2) is 11.5 Å². The Morgan fingerprint density at radius 2 is 1.65 bits per heavy atom. The summed E-state index contributed by atoms with van der Waals surface area (Å²) in [5.41, 5.74) is 4.96. The molecule has 37 heavy (non-hydrogen) atoms. The summed E-state index contributed by atoms with van der Waals surface area (Å²) in [7, 11) is 5.00. The molecule has 0 spiro atoms. The van der Waals surface area contributed by atoms with Crippen LogP contribution in [0.3, 0.4) is 0 Å². The number of benzene rings is 3. The van der Waals surface area contributed by atoms with Crippen molar-refractivity contribution in [2.45, 2.75) is 19.9 Å². The van der Waals surface area contributed by atoms with E-state index in [2.05, 4.69) is 16.0 Å². The summed E-state index contributed by atoms with van der Waals surface area (Å²) in [6.45, 7) is 4.14. The molecule has 3 N–H and O–H groups in total. The number of hydrogen-bond acceptors (Lipinski definition) is 6. The van der Waals surface area contributed by atoms with Gasteiger partial charge < -0.3 is 30.3 Å². The van der Waals surface area contributed by atoms with Gasteiger partial charge in [0.05, 0.1) is 31.2 Å². The summed E-state index contributed by atoms with van der Waals surface area (Å²) in [6, 6.07) is 21.0. The summed E-state index contributed by atoms with van der Waals surface area (Å²) < 4.78 is 10.9. The number of anilines is 3. The number of rotatable bonds is 9. The Kier molecular flexibility index (Phi) is 7.79. The molecule has 0 aromatic heterocycles. The van der Waals surface area contributed by atoms with Crippen LogP contribution in [-0.2, 0) is 9.59 Å². The lowest BCUT2D eigenvalue weighted by molar-refractivity contribution is -0.116. The minimum atomic E-state index is -0.225. The van der Waals surface area contributed by atoms with Crippen LogP contribution in [0.1, 0.15) is 25.0 Å². The number of carbonyl (C=O) groups is 2. The number of nitrogens with one attached hydrogen (secondary N) is 3. The van der Waals surface area contributed by atoms with Crippen LogP contribution in [-0.4, -0.2) is 45.7 Å².